The number of amides is 2. The third-order valence-corrected chi connectivity index (χ3v) is 4.28. The van der Waals surface area contributed by atoms with Crippen molar-refractivity contribution in [2.24, 2.45) is 0 Å². The van der Waals surface area contributed by atoms with Crippen LogP contribution in [0.3, 0.4) is 0 Å². The zero-order chi connectivity index (χ0) is 16.4. The van der Waals surface area contributed by atoms with Gasteiger partial charge in [0.1, 0.15) is 11.6 Å². The lowest BCUT2D eigenvalue weighted by atomic mass is 9.99. The SMILES string of the molecule is Cc1nc(CNC(=O)N2CC[C@@H](c3ccc(F)cc3)C2)oc1C. The number of nitrogens with one attached hydrogen (secondary N) is 1. The first-order valence-corrected chi connectivity index (χ1v) is 7.74. The molecule has 1 saturated heterocycles. The number of aryl methyl sites for hydroxylation is 2. The van der Waals surface area contributed by atoms with Crippen LogP contribution in [0.4, 0.5) is 9.18 Å². The number of nitrogens with zero attached hydrogens (tertiary/aromatic N) is 2. The van der Waals surface area contributed by atoms with Crippen LogP contribution < -0.4 is 5.32 Å². The van der Waals surface area contributed by atoms with Crippen molar-refractivity contribution in [3.63, 3.8) is 0 Å². The van der Waals surface area contributed by atoms with Crippen LogP contribution in [0.15, 0.2) is 28.7 Å². The monoisotopic (exact) mass is 317 g/mol. The maximum Gasteiger partial charge on any atom is 0.317 e. The van der Waals surface area contributed by atoms with Gasteiger partial charge in [-0.25, -0.2) is 14.2 Å². The summed E-state index contributed by atoms with van der Waals surface area (Å²) in [6.07, 6.45) is 0.885. The average molecular weight is 317 g/mol. The molecule has 0 unspecified atom stereocenters. The molecule has 122 valence electrons. The molecule has 2 amide bonds. The third kappa shape index (κ3) is 3.52. The molecule has 0 radical (unpaired) electrons. The Balaban J connectivity index is 1.54. The highest BCUT2D eigenvalue weighted by Gasteiger charge is 2.27. The van der Waals surface area contributed by atoms with Crippen LogP contribution in [-0.4, -0.2) is 29.0 Å². The summed E-state index contributed by atoms with van der Waals surface area (Å²) in [4.78, 5) is 18.2. The van der Waals surface area contributed by atoms with Gasteiger partial charge in [-0.15, -0.1) is 0 Å². The summed E-state index contributed by atoms with van der Waals surface area (Å²) in [7, 11) is 0. The minimum absolute atomic E-state index is 0.122. The molecule has 5 nitrogen and oxygen atoms in total. The molecule has 2 heterocycles. The summed E-state index contributed by atoms with van der Waals surface area (Å²) >= 11 is 0. The highest BCUT2D eigenvalue weighted by molar-refractivity contribution is 5.74. The van der Waals surface area contributed by atoms with E-state index in [-0.39, 0.29) is 24.3 Å². The van der Waals surface area contributed by atoms with Gasteiger partial charge < -0.3 is 14.6 Å². The van der Waals surface area contributed by atoms with Crippen molar-refractivity contribution >= 4 is 6.03 Å². The van der Waals surface area contributed by atoms with E-state index in [9.17, 15) is 9.18 Å². The molecule has 2 aromatic rings. The molecule has 0 bridgehead atoms. The van der Waals surface area contributed by atoms with E-state index in [1.54, 1.807) is 17.0 Å². The largest absolute Gasteiger partial charge is 0.444 e. The van der Waals surface area contributed by atoms with Crippen molar-refractivity contribution in [3.05, 3.63) is 53.0 Å². The molecule has 1 N–H and O–H groups in total. The molecular weight excluding hydrogens is 297 g/mol. The molecule has 1 aliphatic rings. The number of urea groups is 1. The highest BCUT2D eigenvalue weighted by atomic mass is 19.1. The molecule has 1 atom stereocenters. The van der Waals surface area contributed by atoms with Crippen molar-refractivity contribution in [3.8, 4) is 0 Å². The minimum Gasteiger partial charge on any atom is -0.444 e. The number of aromatic nitrogens is 1. The van der Waals surface area contributed by atoms with E-state index in [0.717, 1.165) is 23.4 Å². The minimum atomic E-state index is -0.238. The quantitative estimate of drug-likeness (QED) is 0.946. The average Bonchev–Trinajstić information content (AvgIpc) is 3.13. The Morgan fingerprint density at radius 2 is 2.13 bits per heavy atom. The molecule has 0 aliphatic carbocycles. The topological polar surface area (TPSA) is 58.4 Å². The van der Waals surface area contributed by atoms with E-state index in [4.69, 9.17) is 4.42 Å². The van der Waals surface area contributed by atoms with Crippen LogP contribution in [0.1, 0.15) is 35.2 Å². The van der Waals surface area contributed by atoms with Gasteiger partial charge in [-0.2, -0.15) is 0 Å². The Kier molecular flexibility index (Phi) is 4.32. The molecular formula is C17H20FN3O2. The van der Waals surface area contributed by atoms with Gasteiger partial charge >= 0.3 is 6.03 Å². The van der Waals surface area contributed by atoms with Crippen LogP contribution in [0.5, 0.6) is 0 Å². The number of halogens is 1. The summed E-state index contributed by atoms with van der Waals surface area (Å²) in [6, 6.07) is 6.39. The number of rotatable bonds is 3. The lowest BCUT2D eigenvalue weighted by Gasteiger charge is -2.17. The van der Waals surface area contributed by atoms with Gasteiger partial charge in [0.2, 0.25) is 5.89 Å². The smallest absolute Gasteiger partial charge is 0.317 e. The van der Waals surface area contributed by atoms with E-state index in [0.29, 0.717) is 19.0 Å². The molecule has 0 saturated carbocycles. The number of carbonyl (C=O) groups is 1. The van der Waals surface area contributed by atoms with E-state index in [1.807, 2.05) is 13.8 Å². The molecule has 23 heavy (non-hydrogen) atoms. The van der Waals surface area contributed by atoms with Gasteiger partial charge in [0.25, 0.3) is 0 Å². The van der Waals surface area contributed by atoms with Gasteiger partial charge in [-0.05, 0) is 38.0 Å². The van der Waals surface area contributed by atoms with Crippen LogP contribution in [-0.2, 0) is 6.54 Å². The Morgan fingerprint density at radius 1 is 1.39 bits per heavy atom. The van der Waals surface area contributed by atoms with Crippen LogP contribution in [0.2, 0.25) is 0 Å². The molecule has 6 heteroatoms. The zero-order valence-electron chi connectivity index (χ0n) is 13.3. The van der Waals surface area contributed by atoms with E-state index in [1.165, 1.54) is 12.1 Å². The maximum atomic E-state index is 13.0. The van der Waals surface area contributed by atoms with E-state index >= 15 is 0 Å². The number of hydrogen-bond acceptors (Lipinski definition) is 3. The summed E-state index contributed by atoms with van der Waals surface area (Å²) in [6.45, 7) is 5.34. The van der Waals surface area contributed by atoms with Crippen molar-refractivity contribution in [1.82, 2.24) is 15.2 Å². The van der Waals surface area contributed by atoms with Gasteiger partial charge in [-0.3, -0.25) is 0 Å². The third-order valence-electron chi connectivity index (χ3n) is 4.28. The maximum absolute atomic E-state index is 13.0. The summed E-state index contributed by atoms with van der Waals surface area (Å²) < 4.78 is 18.4. The summed E-state index contributed by atoms with van der Waals surface area (Å²) in [5.41, 5.74) is 1.91. The molecule has 1 fully saturated rings. The van der Waals surface area contributed by atoms with Crippen LogP contribution >= 0.6 is 0 Å². The second kappa shape index (κ2) is 6.40. The first-order valence-electron chi connectivity index (χ1n) is 7.74. The Morgan fingerprint density at radius 3 is 2.78 bits per heavy atom. The van der Waals surface area contributed by atoms with Gasteiger partial charge in [-0.1, -0.05) is 12.1 Å². The molecule has 1 aromatic carbocycles. The molecule has 1 aliphatic heterocycles. The number of carbonyl (C=O) groups excluding carboxylic acids is 1. The zero-order valence-corrected chi connectivity index (χ0v) is 13.3. The van der Waals surface area contributed by atoms with Crippen molar-refractivity contribution in [1.29, 1.82) is 0 Å². The Hall–Kier alpha value is -2.37. The van der Waals surface area contributed by atoms with Gasteiger partial charge in [0, 0.05) is 19.0 Å². The normalized spacial score (nSPS) is 17.5. The lowest BCUT2D eigenvalue weighted by molar-refractivity contribution is 0.206. The molecule has 1 aromatic heterocycles. The number of likely N-dealkylation sites (tertiary alicyclic amines) is 1. The number of benzene rings is 1. The Bertz CT molecular complexity index is 677. The lowest BCUT2D eigenvalue weighted by Crippen LogP contribution is -2.38. The van der Waals surface area contributed by atoms with Crippen molar-refractivity contribution < 1.29 is 13.6 Å². The second-order valence-corrected chi connectivity index (χ2v) is 5.89. The van der Waals surface area contributed by atoms with Crippen LogP contribution in [0, 0.1) is 19.7 Å². The van der Waals surface area contributed by atoms with Gasteiger partial charge in [0.15, 0.2) is 0 Å². The molecule has 3 rings (SSSR count). The predicted molar refractivity (Wildman–Crippen MR) is 83.5 cm³/mol. The van der Waals surface area contributed by atoms with Gasteiger partial charge in [0.05, 0.1) is 12.2 Å². The number of hydrogen-bond donors (Lipinski definition) is 1. The standard InChI is InChI=1S/C17H20FN3O2/c1-11-12(2)23-16(20-11)9-19-17(22)21-8-7-14(10-21)13-3-5-15(18)6-4-13/h3-6,14H,7-10H2,1-2H3,(H,19,22)/t14-/m1/s1. The van der Waals surface area contributed by atoms with E-state index < -0.39 is 0 Å². The fourth-order valence-electron chi connectivity index (χ4n) is 2.83. The fourth-order valence-corrected chi connectivity index (χ4v) is 2.83. The van der Waals surface area contributed by atoms with Crippen molar-refractivity contribution in [2.45, 2.75) is 32.7 Å². The first-order chi connectivity index (χ1) is 11.0. The first kappa shape index (κ1) is 15.5. The highest BCUT2D eigenvalue weighted by Crippen LogP contribution is 2.27. The predicted octanol–water partition coefficient (Wildman–Crippen LogP) is 3.13. The van der Waals surface area contributed by atoms with Crippen molar-refractivity contribution in [2.75, 3.05) is 13.1 Å². The van der Waals surface area contributed by atoms with Crippen LogP contribution in [0.25, 0.3) is 0 Å². The second-order valence-electron chi connectivity index (χ2n) is 5.89. The summed E-state index contributed by atoms with van der Waals surface area (Å²) in [5.74, 6) is 1.31. The Labute approximate surface area is 134 Å². The summed E-state index contributed by atoms with van der Waals surface area (Å²) in [5, 5.41) is 2.83. The van der Waals surface area contributed by atoms with E-state index in [2.05, 4.69) is 10.3 Å². The fraction of sp³-hybridized carbons (Fsp3) is 0.412. The number of oxazole rings is 1. The molecule has 0 spiro atoms.